The Hall–Kier alpha value is -2.61. The number of amides is 1. The normalized spacial score (nSPS) is 24.2. The summed E-state index contributed by atoms with van der Waals surface area (Å²) in [6.45, 7) is 3.53. The number of thiophene rings is 1. The van der Waals surface area contributed by atoms with Crippen molar-refractivity contribution >= 4 is 17.2 Å². The van der Waals surface area contributed by atoms with Crippen molar-refractivity contribution in [3.05, 3.63) is 88.1 Å². The third kappa shape index (κ3) is 4.01. The van der Waals surface area contributed by atoms with Gasteiger partial charge in [0.25, 0.3) is 5.91 Å². The molecule has 5 rings (SSSR count). The minimum Gasteiger partial charge on any atom is -0.361 e. The highest BCUT2D eigenvalue weighted by Gasteiger charge is 2.56. The van der Waals surface area contributed by atoms with Crippen LogP contribution < -0.4 is 0 Å². The molecule has 160 valence electrons. The molecule has 2 aromatic heterocycles. The Morgan fingerprint density at radius 1 is 1.16 bits per heavy atom. The van der Waals surface area contributed by atoms with Crippen molar-refractivity contribution in [1.29, 1.82) is 0 Å². The van der Waals surface area contributed by atoms with Crippen LogP contribution in [-0.4, -0.2) is 52.5 Å². The topological polar surface area (TPSA) is 45.7 Å². The molecule has 4 heterocycles. The van der Waals surface area contributed by atoms with Gasteiger partial charge in [-0.05, 0) is 51.7 Å². The van der Waals surface area contributed by atoms with E-state index in [1.807, 2.05) is 28.6 Å². The van der Waals surface area contributed by atoms with Crippen LogP contribution in [0.4, 0.5) is 4.39 Å². The first-order chi connectivity index (χ1) is 15.1. The Morgan fingerprint density at radius 3 is 2.77 bits per heavy atom. The predicted octanol–water partition coefficient (Wildman–Crippen LogP) is 3.68. The summed E-state index contributed by atoms with van der Waals surface area (Å²) in [5.41, 5.74) is 2.24. The van der Waals surface area contributed by atoms with Gasteiger partial charge < -0.3 is 9.64 Å². The van der Waals surface area contributed by atoms with Gasteiger partial charge in [0.1, 0.15) is 5.82 Å². The lowest BCUT2D eigenvalue weighted by atomic mass is 9.83. The van der Waals surface area contributed by atoms with Crippen LogP contribution in [-0.2, 0) is 22.6 Å². The number of halogens is 1. The number of likely N-dealkylation sites (tertiary alicyclic amines) is 1. The van der Waals surface area contributed by atoms with Gasteiger partial charge in [-0.3, -0.25) is 14.7 Å². The van der Waals surface area contributed by atoms with E-state index in [0.29, 0.717) is 39.3 Å². The van der Waals surface area contributed by atoms with E-state index in [4.69, 9.17) is 4.74 Å². The van der Waals surface area contributed by atoms with Gasteiger partial charge in [-0.15, -0.1) is 0 Å². The summed E-state index contributed by atoms with van der Waals surface area (Å²) in [5, 5.41) is 4.12. The zero-order valence-electron chi connectivity index (χ0n) is 17.1. The average molecular weight is 438 g/mol. The molecule has 5 nitrogen and oxygen atoms in total. The maximum Gasteiger partial charge on any atom is 0.257 e. The summed E-state index contributed by atoms with van der Waals surface area (Å²) in [6.07, 6.45) is 3.58. The van der Waals surface area contributed by atoms with E-state index in [-0.39, 0.29) is 17.6 Å². The van der Waals surface area contributed by atoms with E-state index in [2.05, 4.69) is 21.3 Å². The molecule has 0 saturated carbocycles. The lowest BCUT2D eigenvalue weighted by molar-refractivity contribution is -0.173. The highest BCUT2D eigenvalue weighted by Crippen LogP contribution is 2.42. The van der Waals surface area contributed by atoms with Gasteiger partial charge in [0.15, 0.2) is 5.60 Å². The molecule has 31 heavy (non-hydrogen) atoms. The predicted molar refractivity (Wildman–Crippen MR) is 117 cm³/mol. The summed E-state index contributed by atoms with van der Waals surface area (Å²) < 4.78 is 19.7. The maximum absolute atomic E-state index is 13.8. The molecule has 2 unspecified atom stereocenters. The third-order valence-electron chi connectivity index (χ3n) is 6.19. The molecule has 1 aromatic carbocycles. The van der Waals surface area contributed by atoms with Gasteiger partial charge in [-0.2, -0.15) is 11.3 Å². The summed E-state index contributed by atoms with van der Waals surface area (Å²) in [7, 11) is 0. The molecule has 2 atom stereocenters. The molecular weight excluding hydrogens is 413 g/mol. The number of morpholine rings is 1. The van der Waals surface area contributed by atoms with E-state index in [1.54, 1.807) is 29.7 Å². The SMILES string of the molecule is O=C1N(Cc2ccsc2)CCOC12CN(Cc1ccc(F)cc1)CC2c1cccnc1. The molecule has 3 aromatic rings. The largest absolute Gasteiger partial charge is 0.361 e. The highest BCUT2D eigenvalue weighted by molar-refractivity contribution is 7.07. The van der Waals surface area contributed by atoms with Gasteiger partial charge in [0.05, 0.1) is 6.61 Å². The van der Waals surface area contributed by atoms with Crippen LogP contribution in [0.15, 0.2) is 65.6 Å². The van der Waals surface area contributed by atoms with Crippen LogP contribution >= 0.6 is 11.3 Å². The number of nitrogens with zero attached hydrogens (tertiary/aromatic N) is 3. The summed E-state index contributed by atoms with van der Waals surface area (Å²) in [6, 6.07) is 12.5. The average Bonchev–Trinajstić information content (AvgIpc) is 3.42. The van der Waals surface area contributed by atoms with Crippen LogP contribution in [0.2, 0.25) is 0 Å². The molecule has 1 spiro atoms. The van der Waals surface area contributed by atoms with Crippen molar-refractivity contribution in [2.45, 2.75) is 24.6 Å². The van der Waals surface area contributed by atoms with Crippen molar-refractivity contribution in [3.8, 4) is 0 Å². The Labute approximate surface area is 185 Å². The second-order valence-corrected chi connectivity index (χ2v) is 9.01. The standard InChI is InChI=1S/C24H24FN3O2S/c25-21-5-3-18(4-6-21)13-27-15-22(20-2-1-8-26-12-20)24(17-27)23(29)28(9-10-30-24)14-19-7-11-31-16-19/h1-8,11-12,16,22H,9-10,13-15,17H2. The van der Waals surface area contributed by atoms with Crippen LogP contribution in [0.25, 0.3) is 0 Å². The molecular formula is C24H24FN3O2S. The second kappa shape index (κ2) is 8.49. The first-order valence-electron chi connectivity index (χ1n) is 10.5. The van der Waals surface area contributed by atoms with Gasteiger partial charge >= 0.3 is 0 Å². The molecule has 0 aliphatic carbocycles. The maximum atomic E-state index is 13.8. The van der Waals surface area contributed by atoms with Crippen LogP contribution in [0.3, 0.4) is 0 Å². The van der Waals surface area contributed by atoms with E-state index in [9.17, 15) is 9.18 Å². The minimum absolute atomic E-state index is 0.0420. The van der Waals surface area contributed by atoms with Crippen molar-refractivity contribution in [1.82, 2.24) is 14.8 Å². The third-order valence-corrected chi connectivity index (χ3v) is 6.92. The van der Waals surface area contributed by atoms with E-state index < -0.39 is 5.60 Å². The number of aromatic nitrogens is 1. The molecule has 2 aliphatic rings. The highest BCUT2D eigenvalue weighted by atomic mass is 32.1. The molecule has 7 heteroatoms. The zero-order valence-corrected chi connectivity index (χ0v) is 17.9. The summed E-state index contributed by atoms with van der Waals surface area (Å²) >= 11 is 1.64. The lowest BCUT2D eigenvalue weighted by Crippen LogP contribution is -2.59. The number of rotatable bonds is 5. The Kier molecular flexibility index (Phi) is 5.56. The Bertz CT molecular complexity index is 1030. The minimum atomic E-state index is -0.933. The number of benzene rings is 1. The number of hydrogen-bond acceptors (Lipinski definition) is 5. The first kappa shape index (κ1) is 20.3. The van der Waals surface area contributed by atoms with Crippen molar-refractivity contribution < 1.29 is 13.9 Å². The fourth-order valence-corrected chi connectivity index (χ4v) is 5.38. The Balaban J connectivity index is 1.44. The van der Waals surface area contributed by atoms with Crippen LogP contribution in [0.5, 0.6) is 0 Å². The molecule has 0 bridgehead atoms. The molecule has 1 amide bonds. The molecule has 2 saturated heterocycles. The second-order valence-electron chi connectivity index (χ2n) is 8.23. The fourth-order valence-electron chi connectivity index (χ4n) is 4.72. The number of carbonyl (C=O) groups excluding carboxylic acids is 1. The fraction of sp³-hybridized carbons (Fsp3) is 0.333. The first-order valence-corrected chi connectivity index (χ1v) is 11.4. The molecule has 0 N–H and O–H groups in total. The number of pyridine rings is 1. The van der Waals surface area contributed by atoms with Crippen LogP contribution in [0, 0.1) is 5.82 Å². The van der Waals surface area contributed by atoms with Gasteiger partial charge in [0.2, 0.25) is 0 Å². The van der Waals surface area contributed by atoms with E-state index >= 15 is 0 Å². The van der Waals surface area contributed by atoms with Gasteiger partial charge in [-0.1, -0.05) is 18.2 Å². The molecule has 2 fully saturated rings. The zero-order chi connectivity index (χ0) is 21.3. The Morgan fingerprint density at radius 2 is 2.03 bits per heavy atom. The van der Waals surface area contributed by atoms with Gasteiger partial charge in [-0.25, -0.2) is 4.39 Å². The lowest BCUT2D eigenvalue weighted by Gasteiger charge is -2.42. The quantitative estimate of drug-likeness (QED) is 0.611. The van der Waals surface area contributed by atoms with Crippen LogP contribution in [0.1, 0.15) is 22.6 Å². The number of ether oxygens (including phenoxy) is 1. The number of carbonyl (C=O) groups is 1. The summed E-state index contributed by atoms with van der Waals surface area (Å²) in [5.74, 6) is -0.315. The van der Waals surface area contributed by atoms with Gasteiger partial charge in [0, 0.05) is 51.0 Å². The van der Waals surface area contributed by atoms with E-state index in [0.717, 1.165) is 16.7 Å². The van der Waals surface area contributed by atoms with Crippen molar-refractivity contribution in [2.75, 3.05) is 26.2 Å². The molecule has 0 radical (unpaired) electrons. The summed E-state index contributed by atoms with van der Waals surface area (Å²) in [4.78, 5) is 22.3. The van der Waals surface area contributed by atoms with Crippen molar-refractivity contribution in [2.24, 2.45) is 0 Å². The van der Waals surface area contributed by atoms with E-state index in [1.165, 1.54) is 12.1 Å². The smallest absolute Gasteiger partial charge is 0.257 e. The van der Waals surface area contributed by atoms with Crippen molar-refractivity contribution in [3.63, 3.8) is 0 Å². The molecule has 2 aliphatic heterocycles. The monoisotopic (exact) mass is 437 g/mol. The number of hydrogen-bond donors (Lipinski definition) is 0.